The molecule has 2 amide bonds. The molecule has 1 aliphatic carbocycles. The Labute approximate surface area is 198 Å². The lowest BCUT2D eigenvalue weighted by Gasteiger charge is -2.40. The molecule has 33 heavy (non-hydrogen) atoms. The second-order valence-corrected chi connectivity index (χ2v) is 9.77. The van der Waals surface area contributed by atoms with Gasteiger partial charge in [-0.15, -0.1) is 0 Å². The molecule has 1 N–H and O–H groups in total. The van der Waals surface area contributed by atoms with Crippen LogP contribution in [0.3, 0.4) is 0 Å². The minimum Gasteiger partial charge on any atom is -0.487 e. The summed E-state index contributed by atoms with van der Waals surface area (Å²) in [5.41, 5.74) is 0.796. The Balaban J connectivity index is 1.10. The van der Waals surface area contributed by atoms with Gasteiger partial charge in [0.25, 0.3) is 0 Å². The van der Waals surface area contributed by atoms with Crippen LogP contribution in [0.5, 0.6) is 5.75 Å². The van der Waals surface area contributed by atoms with E-state index in [0.29, 0.717) is 13.1 Å². The lowest BCUT2D eigenvalue weighted by atomic mass is 9.94. The number of amides is 2. The summed E-state index contributed by atoms with van der Waals surface area (Å²) in [6, 6.07) is 8.41. The number of anilines is 1. The first kappa shape index (κ1) is 24.0. The molecule has 7 heteroatoms. The van der Waals surface area contributed by atoms with E-state index in [2.05, 4.69) is 15.1 Å². The van der Waals surface area contributed by atoms with Gasteiger partial charge in [0, 0.05) is 51.6 Å². The Morgan fingerprint density at radius 1 is 1.03 bits per heavy atom. The Morgan fingerprint density at radius 3 is 2.58 bits per heavy atom. The molecule has 3 aliphatic rings. The molecule has 0 bridgehead atoms. The SMILES string of the molecule is CC1CN(C(=O)CCC(=O)NCCCN2CCN(C3CCCCC3)CC2)c2ccccc2O1. The molecule has 1 aromatic rings. The van der Waals surface area contributed by atoms with Crippen molar-refractivity contribution in [3.05, 3.63) is 24.3 Å². The molecule has 2 aliphatic heterocycles. The first-order valence-corrected chi connectivity index (χ1v) is 12.9. The number of nitrogens with zero attached hydrogens (tertiary/aromatic N) is 3. The summed E-state index contributed by atoms with van der Waals surface area (Å²) < 4.78 is 5.81. The maximum atomic E-state index is 12.8. The number of nitrogens with one attached hydrogen (secondary N) is 1. The van der Waals surface area contributed by atoms with Gasteiger partial charge in [-0.3, -0.25) is 14.5 Å². The van der Waals surface area contributed by atoms with Gasteiger partial charge < -0.3 is 19.9 Å². The highest BCUT2D eigenvalue weighted by Crippen LogP contribution is 2.33. The van der Waals surface area contributed by atoms with E-state index in [1.807, 2.05) is 31.2 Å². The van der Waals surface area contributed by atoms with Crippen molar-refractivity contribution in [1.29, 1.82) is 0 Å². The molecular formula is C26H40N4O3. The van der Waals surface area contributed by atoms with E-state index in [0.717, 1.165) is 43.5 Å². The molecule has 2 heterocycles. The zero-order valence-corrected chi connectivity index (χ0v) is 20.1. The maximum absolute atomic E-state index is 12.8. The summed E-state index contributed by atoms with van der Waals surface area (Å²) in [5.74, 6) is 0.664. The zero-order chi connectivity index (χ0) is 23.0. The number of ether oxygens (including phenoxy) is 1. The third-order valence-corrected chi connectivity index (χ3v) is 7.26. The van der Waals surface area contributed by atoms with Crippen LogP contribution in [0.15, 0.2) is 24.3 Å². The summed E-state index contributed by atoms with van der Waals surface area (Å²) >= 11 is 0. The number of hydrogen-bond donors (Lipinski definition) is 1. The molecule has 0 spiro atoms. The Kier molecular flexibility index (Phi) is 8.62. The van der Waals surface area contributed by atoms with E-state index >= 15 is 0 Å². The van der Waals surface area contributed by atoms with Crippen molar-refractivity contribution < 1.29 is 14.3 Å². The number of piperazine rings is 1. The summed E-state index contributed by atoms with van der Waals surface area (Å²) in [6.07, 6.45) is 8.32. The third-order valence-electron chi connectivity index (χ3n) is 7.26. The zero-order valence-electron chi connectivity index (χ0n) is 20.1. The normalized spacial score (nSPS) is 22.5. The molecule has 0 radical (unpaired) electrons. The van der Waals surface area contributed by atoms with Crippen LogP contribution < -0.4 is 15.0 Å². The predicted molar refractivity (Wildman–Crippen MR) is 131 cm³/mol. The molecule has 4 rings (SSSR count). The average molecular weight is 457 g/mol. The Morgan fingerprint density at radius 2 is 1.79 bits per heavy atom. The molecular weight excluding hydrogens is 416 g/mol. The largest absolute Gasteiger partial charge is 0.487 e. The average Bonchev–Trinajstić information content (AvgIpc) is 2.85. The Bertz CT molecular complexity index is 787. The number of carbonyl (C=O) groups excluding carboxylic acids is 2. The number of fused-ring (bicyclic) bond motifs is 1. The lowest BCUT2D eigenvalue weighted by molar-refractivity contribution is -0.125. The van der Waals surface area contributed by atoms with Crippen LogP contribution in [0, 0.1) is 0 Å². The fourth-order valence-corrected chi connectivity index (χ4v) is 5.40. The molecule has 1 atom stereocenters. The first-order chi connectivity index (χ1) is 16.1. The molecule has 1 saturated carbocycles. The van der Waals surface area contributed by atoms with E-state index < -0.39 is 0 Å². The van der Waals surface area contributed by atoms with Crippen LogP contribution >= 0.6 is 0 Å². The highest BCUT2D eigenvalue weighted by molar-refractivity contribution is 5.97. The van der Waals surface area contributed by atoms with E-state index in [9.17, 15) is 9.59 Å². The standard InChI is InChI=1S/C26H40N4O3/c1-21-20-30(23-10-5-6-11-24(23)33-21)26(32)13-12-25(31)27-14-7-15-28-16-18-29(19-17-28)22-8-3-2-4-9-22/h5-6,10-11,21-22H,2-4,7-9,12-20H2,1H3,(H,27,31). The number of hydrogen-bond acceptors (Lipinski definition) is 5. The number of rotatable bonds is 8. The highest BCUT2D eigenvalue weighted by atomic mass is 16.5. The van der Waals surface area contributed by atoms with Gasteiger partial charge in [-0.05, 0) is 44.9 Å². The van der Waals surface area contributed by atoms with Crippen molar-refractivity contribution in [3.63, 3.8) is 0 Å². The smallest absolute Gasteiger partial charge is 0.227 e. The molecule has 1 saturated heterocycles. The third kappa shape index (κ3) is 6.70. The Hall–Kier alpha value is -2.12. The van der Waals surface area contributed by atoms with E-state index in [4.69, 9.17) is 4.74 Å². The van der Waals surface area contributed by atoms with Crippen molar-refractivity contribution in [3.8, 4) is 5.75 Å². The van der Waals surface area contributed by atoms with Crippen LogP contribution in [0.2, 0.25) is 0 Å². The summed E-state index contributed by atoms with van der Waals surface area (Å²) in [4.78, 5) is 32.0. The van der Waals surface area contributed by atoms with Gasteiger partial charge in [-0.1, -0.05) is 31.4 Å². The van der Waals surface area contributed by atoms with Crippen molar-refractivity contribution in [2.45, 2.75) is 70.4 Å². The van der Waals surface area contributed by atoms with Gasteiger partial charge in [-0.25, -0.2) is 0 Å². The monoisotopic (exact) mass is 456 g/mol. The van der Waals surface area contributed by atoms with Crippen LogP contribution in [0.25, 0.3) is 0 Å². The topological polar surface area (TPSA) is 65.1 Å². The summed E-state index contributed by atoms with van der Waals surface area (Å²) in [7, 11) is 0. The van der Waals surface area contributed by atoms with Crippen molar-refractivity contribution in [2.75, 3.05) is 50.7 Å². The first-order valence-electron chi connectivity index (χ1n) is 12.9. The van der Waals surface area contributed by atoms with Gasteiger partial charge in [0.15, 0.2) is 0 Å². The molecule has 1 unspecified atom stereocenters. The fourth-order valence-electron chi connectivity index (χ4n) is 5.40. The van der Waals surface area contributed by atoms with Gasteiger partial charge in [-0.2, -0.15) is 0 Å². The van der Waals surface area contributed by atoms with E-state index in [1.54, 1.807) is 4.90 Å². The quantitative estimate of drug-likeness (QED) is 0.609. The van der Waals surface area contributed by atoms with Crippen LogP contribution in [0.1, 0.15) is 58.3 Å². The van der Waals surface area contributed by atoms with Gasteiger partial charge >= 0.3 is 0 Å². The van der Waals surface area contributed by atoms with E-state index in [1.165, 1.54) is 45.2 Å². The number of carbonyl (C=O) groups is 2. The highest BCUT2D eigenvalue weighted by Gasteiger charge is 2.27. The molecule has 1 aromatic carbocycles. The molecule has 7 nitrogen and oxygen atoms in total. The van der Waals surface area contributed by atoms with Gasteiger partial charge in [0.05, 0.1) is 12.2 Å². The lowest BCUT2D eigenvalue weighted by Crippen LogP contribution is -2.51. The van der Waals surface area contributed by atoms with Crippen molar-refractivity contribution in [1.82, 2.24) is 15.1 Å². The van der Waals surface area contributed by atoms with E-state index in [-0.39, 0.29) is 30.8 Å². The molecule has 182 valence electrons. The second-order valence-electron chi connectivity index (χ2n) is 9.77. The summed E-state index contributed by atoms with van der Waals surface area (Å²) in [5, 5.41) is 3.00. The van der Waals surface area contributed by atoms with Crippen LogP contribution in [-0.4, -0.2) is 79.6 Å². The van der Waals surface area contributed by atoms with Gasteiger partial charge in [0.1, 0.15) is 11.9 Å². The second kappa shape index (κ2) is 11.8. The minimum atomic E-state index is -0.0535. The number of benzene rings is 1. The van der Waals surface area contributed by atoms with Crippen LogP contribution in [-0.2, 0) is 9.59 Å². The van der Waals surface area contributed by atoms with Crippen molar-refractivity contribution >= 4 is 17.5 Å². The maximum Gasteiger partial charge on any atom is 0.227 e. The fraction of sp³-hybridized carbons (Fsp3) is 0.692. The molecule has 0 aromatic heterocycles. The summed E-state index contributed by atoms with van der Waals surface area (Å²) in [6.45, 7) is 8.82. The number of para-hydroxylation sites is 2. The van der Waals surface area contributed by atoms with Crippen LogP contribution in [0.4, 0.5) is 5.69 Å². The van der Waals surface area contributed by atoms with Gasteiger partial charge in [0.2, 0.25) is 11.8 Å². The minimum absolute atomic E-state index is 0.0245. The molecule has 2 fully saturated rings. The van der Waals surface area contributed by atoms with Crippen molar-refractivity contribution in [2.24, 2.45) is 0 Å². The predicted octanol–water partition coefficient (Wildman–Crippen LogP) is 3.04.